The van der Waals surface area contributed by atoms with Gasteiger partial charge in [0.1, 0.15) is 12.4 Å². The molecule has 3 nitrogen and oxygen atoms in total. The average molecular weight is 278 g/mol. The number of rotatable bonds is 3. The van der Waals surface area contributed by atoms with Crippen LogP contribution in [0.3, 0.4) is 0 Å². The van der Waals surface area contributed by atoms with Crippen molar-refractivity contribution in [3.05, 3.63) is 59.4 Å². The van der Waals surface area contributed by atoms with Crippen LogP contribution in [0.1, 0.15) is 16.8 Å². The Morgan fingerprint density at radius 2 is 2.00 bits per heavy atom. The smallest absolute Gasteiger partial charge is 0.416 e. The summed E-state index contributed by atoms with van der Waals surface area (Å²) < 4.78 is 43.3. The van der Waals surface area contributed by atoms with E-state index in [1.165, 1.54) is 6.07 Å². The van der Waals surface area contributed by atoms with Gasteiger partial charge >= 0.3 is 6.18 Å². The van der Waals surface area contributed by atoms with Crippen LogP contribution in [0.2, 0.25) is 0 Å². The van der Waals surface area contributed by atoms with Crippen LogP contribution in [0, 0.1) is 11.3 Å². The fourth-order valence-electron chi connectivity index (χ4n) is 1.55. The van der Waals surface area contributed by atoms with Gasteiger partial charge in [0.2, 0.25) is 0 Å². The second-order valence-corrected chi connectivity index (χ2v) is 3.97. The lowest BCUT2D eigenvalue weighted by molar-refractivity contribution is -0.137. The van der Waals surface area contributed by atoms with E-state index >= 15 is 0 Å². The van der Waals surface area contributed by atoms with Crippen LogP contribution < -0.4 is 4.74 Å². The maximum atomic E-state index is 12.7. The van der Waals surface area contributed by atoms with E-state index in [0.29, 0.717) is 5.69 Å². The van der Waals surface area contributed by atoms with E-state index in [9.17, 15) is 13.2 Å². The zero-order valence-electron chi connectivity index (χ0n) is 10.2. The third kappa shape index (κ3) is 3.48. The van der Waals surface area contributed by atoms with Crippen LogP contribution >= 0.6 is 0 Å². The quantitative estimate of drug-likeness (QED) is 0.862. The minimum Gasteiger partial charge on any atom is -0.487 e. The van der Waals surface area contributed by atoms with E-state index in [2.05, 4.69) is 4.98 Å². The molecule has 0 aliphatic carbocycles. The van der Waals surface area contributed by atoms with Gasteiger partial charge in [0.25, 0.3) is 0 Å². The van der Waals surface area contributed by atoms with Crippen molar-refractivity contribution in [1.82, 2.24) is 4.98 Å². The summed E-state index contributed by atoms with van der Waals surface area (Å²) in [4.78, 5) is 4.00. The average Bonchev–Trinajstić information content (AvgIpc) is 2.45. The lowest BCUT2D eigenvalue weighted by atomic mass is 10.1. The van der Waals surface area contributed by atoms with Crippen molar-refractivity contribution in [3.63, 3.8) is 0 Å². The highest BCUT2D eigenvalue weighted by molar-refractivity contribution is 5.41. The molecule has 2 rings (SSSR count). The Kier molecular flexibility index (Phi) is 3.89. The molecule has 0 bridgehead atoms. The summed E-state index contributed by atoms with van der Waals surface area (Å²) in [7, 11) is 0. The van der Waals surface area contributed by atoms with Crippen LogP contribution in [-0.2, 0) is 12.8 Å². The number of benzene rings is 1. The topological polar surface area (TPSA) is 45.9 Å². The first kappa shape index (κ1) is 13.9. The predicted molar refractivity (Wildman–Crippen MR) is 64.7 cm³/mol. The third-order valence-corrected chi connectivity index (χ3v) is 2.48. The molecular weight excluding hydrogens is 269 g/mol. The Bertz CT molecular complexity index is 633. The summed E-state index contributed by atoms with van der Waals surface area (Å²) in [5, 5.41) is 8.75. The number of ether oxygens (including phenoxy) is 1. The second-order valence-electron chi connectivity index (χ2n) is 3.97. The minimum atomic E-state index is -4.52. The highest BCUT2D eigenvalue weighted by atomic mass is 19.4. The van der Waals surface area contributed by atoms with Gasteiger partial charge in [-0.1, -0.05) is 6.07 Å². The molecule has 0 N–H and O–H groups in total. The van der Waals surface area contributed by atoms with Crippen LogP contribution in [0.5, 0.6) is 5.75 Å². The second kappa shape index (κ2) is 5.61. The van der Waals surface area contributed by atoms with Crippen molar-refractivity contribution in [1.29, 1.82) is 5.26 Å². The Balaban J connectivity index is 2.22. The molecule has 0 aliphatic heterocycles. The molecule has 0 atom stereocenters. The van der Waals surface area contributed by atoms with Crippen molar-refractivity contribution in [2.45, 2.75) is 12.8 Å². The standard InChI is InChI=1S/C14H9F3N2O/c15-14(16,17)11-5-10(8-18)6-13(7-11)20-9-12-3-1-2-4-19-12/h1-7H,9H2. The Labute approximate surface area is 113 Å². The molecule has 20 heavy (non-hydrogen) atoms. The number of nitriles is 1. The number of hydrogen-bond acceptors (Lipinski definition) is 3. The zero-order valence-corrected chi connectivity index (χ0v) is 10.2. The number of hydrogen-bond donors (Lipinski definition) is 0. The SMILES string of the molecule is N#Cc1cc(OCc2ccccn2)cc(C(F)(F)F)c1. The van der Waals surface area contributed by atoms with Gasteiger partial charge in [-0.25, -0.2) is 0 Å². The Morgan fingerprint density at radius 1 is 1.20 bits per heavy atom. The number of nitrogens with zero attached hydrogens (tertiary/aromatic N) is 2. The van der Waals surface area contributed by atoms with Crippen molar-refractivity contribution < 1.29 is 17.9 Å². The third-order valence-electron chi connectivity index (χ3n) is 2.48. The van der Waals surface area contributed by atoms with Gasteiger partial charge in [-0.05, 0) is 30.3 Å². The summed E-state index contributed by atoms with van der Waals surface area (Å²) in [6.45, 7) is 0.0347. The summed E-state index contributed by atoms with van der Waals surface area (Å²) in [5.41, 5.74) is -0.424. The molecular formula is C14H9F3N2O. The van der Waals surface area contributed by atoms with Gasteiger partial charge < -0.3 is 4.74 Å². The van der Waals surface area contributed by atoms with Crippen LogP contribution in [0.15, 0.2) is 42.6 Å². The van der Waals surface area contributed by atoms with E-state index in [1.54, 1.807) is 30.5 Å². The molecule has 0 fully saturated rings. The van der Waals surface area contributed by atoms with Crippen LogP contribution in [0.25, 0.3) is 0 Å². The normalized spacial score (nSPS) is 10.9. The summed E-state index contributed by atoms with van der Waals surface area (Å²) in [5.74, 6) is -0.0120. The Hall–Kier alpha value is -2.55. The highest BCUT2D eigenvalue weighted by Gasteiger charge is 2.31. The molecule has 0 radical (unpaired) electrons. The number of pyridine rings is 1. The maximum absolute atomic E-state index is 12.7. The first-order chi connectivity index (χ1) is 9.49. The first-order valence-corrected chi connectivity index (χ1v) is 5.64. The molecule has 1 aromatic heterocycles. The maximum Gasteiger partial charge on any atom is 0.416 e. The van der Waals surface area contributed by atoms with Gasteiger partial charge in [-0.2, -0.15) is 18.4 Å². The first-order valence-electron chi connectivity index (χ1n) is 5.64. The van der Waals surface area contributed by atoms with Crippen LogP contribution in [0.4, 0.5) is 13.2 Å². The fraction of sp³-hybridized carbons (Fsp3) is 0.143. The largest absolute Gasteiger partial charge is 0.487 e. The molecule has 1 heterocycles. The van der Waals surface area contributed by atoms with Crippen molar-refractivity contribution in [2.75, 3.05) is 0 Å². The molecule has 0 aliphatic rings. The van der Waals surface area contributed by atoms with E-state index in [4.69, 9.17) is 10.00 Å². The molecule has 0 saturated carbocycles. The number of halogens is 3. The van der Waals surface area contributed by atoms with Gasteiger partial charge in [-0.15, -0.1) is 0 Å². The molecule has 2 aromatic rings. The molecule has 0 unspecified atom stereocenters. The van der Waals surface area contributed by atoms with Gasteiger partial charge in [0, 0.05) is 6.20 Å². The van der Waals surface area contributed by atoms with Crippen LogP contribution in [-0.4, -0.2) is 4.98 Å². The lowest BCUT2D eigenvalue weighted by Gasteiger charge is -2.11. The molecule has 6 heteroatoms. The van der Waals surface area contributed by atoms with Gasteiger partial charge in [0.15, 0.2) is 0 Å². The molecule has 1 aromatic carbocycles. The summed E-state index contributed by atoms with van der Waals surface area (Å²) >= 11 is 0. The fourth-order valence-corrected chi connectivity index (χ4v) is 1.55. The zero-order chi connectivity index (χ0) is 14.6. The van der Waals surface area contributed by atoms with E-state index in [1.807, 2.05) is 0 Å². The van der Waals surface area contributed by atoms with E-state index < -0.39 is 11.7 Å². The summed E-state index contributed by atoms with van der Waals surface area (Å²) in [6, 6.07) is 9.76. The lowest BCUT2D eigenvalue weighted by Crippen LogP contribution is -2.06. The van der Waals surface area contributed by atoms with Gasteiger partial charge in [-0.3, -0.25) is 4.98 Å². The minimum absolute atomic E-state index is 0.0120. The van der Waals surface area contributed by atoms with Crippen molar-refractivity contribution in [2.24, 2.45) is 0 Å². The molecule has 0 amide bonds. The monoisotopic (exact) mass is 278 g/mol. The Morgan fingerprint density at radius 3 is 2.60 bits per heavy atom. The summed E-state index contributed by atoms with van der Waals surface area (Å²) in [6.07, 6.45) is -2.96. The van der Waals surface area contributed by atoms with Gasteiger partial charge in [0.05, 0.1) is 22.9 Å². The van der Waals surface area contributed by atoms with Crippen molar-refractivity contribution in [3.8, 4) is 11.8 Å². The highest BCUT2D eigenvalue weighted by Crippen LogP contribution is 2.32. The number of alkyl halides is 3. The number of aromatic nitrogens is 1. The molecule has 0 spiro atoms. The molecule has 102 valence electrons. The molecule has 0 saturated heterocycles. The van der Waals surface area contributed by atoms with Crippen molar-refractivity contribution >= 4 is 0 Å². The predicted octanol–water partition coefficient (Wildman–Crippen LogP) is 3.55. The van der Waals surface area contributed by atoms with E-state index in [0.717, 1.165) is 12.1 Å². The van der Waals surface area contributed by atoms with E-state index in [-0.39, 0.29) is 17.9 Å².